The normalized spacial score (nSPS) is 10.3. The van der Waals surface area contributed by atoms with Gasteiger partial charge < -0.3 is 15.2 Å². The number of ether oxygens (including phenoxy) is 1. The molecule has 15 heavy (non-hydrogen) atoms. The van der Waals surface area contributed by atoms with Gasteiger partial charge in [-0.25, -0.2) is 0 Å². The quantitative estimate of drug-likeness (QED) is 0.425. The molecule has 0 fully saturated rings. The van der Waals surface area contributed by atoms with Gasteiger partial charge in [0.2, 0.25) is 0 Å². The molecule has 0 aliphatic rings. The lowest BCUT2D eigenvalue weighted by atomic mass is 10.2. The van der Waals surface area contributed by atoms with Crippen molar-refractivity contribution in [3.05, 3.63) is 0 Å². The van der Waals surface area contributed by atoms with E-state index in [1.165, 1.54) is 0 Å². The maximum absolute atomic E-state index is 11.1. The van der Waals surface area contributed by atoms with E-state index in [2.05, 4.69) is 12.2 Å². The lowest BCUT2D eigenvalue weighted by Crippen LogP contribution is -2.25. The van der Waals surface area contributed by atoms with Crippen LogP contribution in [-0.2, 0) is 9.53 Å². The van der Waals surface area contributed by atoms with Gasteiger partial charge in [0.25, 0.3) is 0 Å². The molecule has 0 saturated carbocycles. The minimum atomic E-state index is -0.175. The van der Waals surface area contributed by atoms with Crippen LogP contribution >= 0.6 is 0 Å². The second kappa shape index (κ2) is 11.5. The van der Waals surface area contributed by atoms with Gasteiger partial charge in [0, 0.05) is 6.61 Å². The summed E-state index contributed by atoms with van der Waals surface area (Å²) >= 11 is 0. The van der Waals surface area contributed by atoms with Gasteiger partial charge in [-0.2, -0.15) is 0 Å². The van der Waals surface area contributed by atoms with Gasteiger partial charge in [0.05, 0.1) is 13.2 Å². The van der Waals surface area contributed by atoms with Gasteiger partial charge in [-0.3, -0.25) is 4.79 Å². The molecule has 0 spiro atoms. The molecule has 0 aromatic heterocycles. The molecule has 0 radical (unpaired) electrons. The van der Waals surface area contributed by atoms with Crippen LogP contribution in [0.2, 0.25) is 0 Å². The average molecular weight is 217 g/mol. The molecule has 0 aromatic rings. The summed E-state index contributed by atoms with van der Waals surface area (Å²) in [4.78, 5) is 11.1. The van der Waals surface area contributed by atoms with Crippen molar-refractivity contribution in [1.29, 1.82) is 0 Å². The summed E-state index contributed by atoms with van der Waals surface area (Å²) < 4.78 is 4.97. The van der Waals surface area contributed by atoms with Crippen molar-refractivity contribution < 1.29 is 14.6 Å². The number of hydrogen-bond donors (Lipinski definition) is 2. The minimum absolute atomic E-state index is 0.175. The topological polar surface area (TPSA) is 58.6 Å². The van der Waals surface area contributed by atoms with Crippen molar-refractivity contribution in [3.8, 4) is 0 Å². The van der Waals surface area contributed by atoms with Crippen molar-refractivity contribution in [3.63, 3.8) is 0 Å². The molecule has 0 saturated heterocycles. The lowest BCUT2D eigenvalue weighted by molar-refractivity contribution is -0.142. The second-order valence-corrected chi connectivity index (χ2v) is 3.54. The number of esters is 1. The van der Waals surface area contributed by atoms with Crippen LogP contribution in [0.5, 0.6) is 0 Å². The van der Waals surface area contributed by atoms with Crippen molar-refractivity contribution in [2.75, 3.05) is 26.3 Å². The van der Waals surface area contributed by atoms with Crippen LogP contribution in [0.15, 0.2) is 0 Å². The summed E-state index contributed by atoms with van der Waals surface area (Å²) in [6, 6.07) is 0. The zero-order valence-corrected chi connectivity index (χ0v) is 9.63. The second-order valence-electron chi connectivity index (χ2n) is 3.54. The van der Waals surface area contributed by atoms with Gasteiger partial charge in [-0.15, -0.1) is 0 Å². The van der Waals surface area contributed by atoms with E-state index in [0.29, 0.717) is 13.2 Å². The molecule has 90 valence electrons. The monoisotopic (exact) mass is 217 g/mol. The van der Waals surface area contributed by atoms with E-state index in [9.17, 15) is 4.79 Å². The van der Waals surface area contributed by atoms with E-state index in [0.717, 1.165) is 38.6 Å². The fourth-order valence-corrected chi connectivity index (χ4v) is 1.11. The lowest BCUT2D eigenvalue weighted by Gasteiger charge is -2.05. The first kappa shape index (κ1) is 14.4. The van der Waals surface area contributed by atoms with E-state index in [-0.39, 0.29) is 12.6 Å². The number of unbranched alkanes of at least 4 members (excludes halogenated alkanes) is 3. The molecular weight excluding hydrogens is 194 g/mol. The Morgan fingerprint density at radius 2 is 2.07 bits per heavy atom. The third kappa shape index (κ3) is 11.3. The number of rotatable bonds is 10. The molecule has 0 amide bonds. The molecule has 0 rings (SSSR count). The molecular formula is C11H23NO3. The van der Waals surface area contributed by atoms with E-state index < -0.39 is 0 Å². The Morgan fingerprint density at radius 3 is 2.73 bits per heavy atom. The maximum atomic E-state index is 11.1. The van der Waals surface area contributed by atoms with E-state index in [1.54, 1.807) is 0 Å². The Kier molecular flexibility index (Phi) is 11.0. The molecule has 0 bridgehead atoms. The van der Waals surface area contributed by atoms with Crippen LogP contribution in [0.25, 0.3) is 0 Å². The van der Waals surface area contributed by atoms with Crippen LogP contribution in [-0.4, -0.2) is 37.4 Å². The van der Waals surface area contributed by atoms with Gasteiger partial charge >= 0.3 is 5.97 Å². The van der Waals surface area contributed by atoms with Crippen molar-refractivity contribution in [2.45, 2.75) is 39.0 Å². The fraction of sp³-hybridized carbons (Fsp3) is 0.909. The largest absolute Gasteiger partial charge is 0.465 e. The van der Waals surface area contributed by atoms with E-state index in [1.807, 2.05) is 0 Å². The van der Waals surface area contributed by atoms with Gasteiger partial charge in [0.15, 0.2) is 0 Å². The summed E-state index contributed by atoms with van der Waals surface area (Å²) in [6.45, 7) is 3.94. The maximum Gasteiger partial charge on any atom is 0.319 e. The summed E-state index contributed by atoms with van der Waals surface area (Å²) in [5.74, 6) is -0.175. The third-order valence-corrected chi connectivity index (χ3v) is 2.04. The Labute approximate surface area is 92.0 Å². The highest BCUT2D eigenvalue weighted by Gasteiger charge is 2.00. The van der Waals surface area contributed by atoms with Crippen LogP contribution in [0.1, 0.15) is 39.0 Å². The Balaban J connectivity index is 3.10. The Morgan fingerprint density at radius 1 is 1.27 bits per heavy atom. The first-order valence-corrected chi connectivity index (χ1v) is 5.78. The molecule has 2 N–H and O–H groups in total. The first-order chi connectivity index (χ1) is 7.31. The molecule has 4 nitrogen and oxygen atoms in total. The summed E-state index contributed by atoms with van der Waals surface area (Å²) in [6.07, 6.45) is 4.80. The smallest absolute Gasteiger partial charge is 0.319 e. The number of aliphatic hydroxyl groups excluding tert-OH is 1. The van der Waals surface area contributed by atoms with Gasteiger partial charge in [-0.05, 0) is 32.2 Å². The number of aliphatic hydroxyl groups is 1. The first-order valence-electron chi connectivity index (χ1n) is 5.78. The SMILES string of the molecule is CCCCOC(=O)CNCCCCCO. The molecule has 0 heterocycles. The summed E-state index contributed by atoms with van der Waals surface area (Å²) in [7, 11) is 0. The predicted molar refractivity (Wildman–Crippen MR) is 59.7 cm³/mol. The summed E-state index contributed by atoms with van der Waals surface area (Å²) in [5, 5.41) is 11.6. The third-order valence-electron chi connectivity index (χ3n) is 2.04. The van der Waals surface area contributed by atoms with Crippen LogP contribution < -0.4 is 5.32 Å². The molecule has 0 unspecified atom stereocenters. The van der Waals surface area contributed by atoms with Gasteiger partial charge in [0.1, 0.15) is 0 Å². The predicted octanol–water partition coefficient (Wildman–Crippen LogP) is 1.08. The molecule has 4 heteroatoms. The zero-order valence-electron chi connectivity index (χ0n) is 9.63. The molecule has 0 aliphatic heterocycles. The summed E-state index contributed by atoms with van der Waals surface area (Å²) in [5.41, 5.74) is 0. The Bertz CT molecular complexity index is 151. The zero-order chi connectivity index (χ0) is 11.4. The fourth-order valence-electron chi connectivity index (χ4n) is 1.11. The number of hydrogen-bond acceptors (Lipinski definition) is 4. The number of nitrogens with one attached hydrogen (secondary N) is 1. The van der Waals surface area contributed by atoms with Gasteiger partial charge in [-0.1, -0.05) is 13.3 Å². The van der Waals surface area contributed by atoms with E-state index >= 15 is 0 Å². The average Bonchev–Trinajstić information content (AvgIpc) is 2.23. The molecule has 0 aromatic carbocycles. The highest BCUT2D eigenvalue weighted by atomic mass is 16.5. The standard InChI is InChI=1S/C11H23NO3/c1-2-3-9-15-11(14)10-12-7-5-4-6-8-13/h12-13H,2-10H2,1H3. The minimum Gasteiger partial charge on any atom is -0.465 e. The van der Waals surface area contributed by atoms with Crippen molar-refractivity contribution >= 4 is 5.97 Å². The number of carbonyl (C=O) groups is 1. The van der Waals surface area contributed by atoms with Crippen LogP contribution in [0, 0.1) is 0 Å². The highest BCUT2D eigenvalue weighted by Crippen LogP contribution is 1.92. The van der Waals surface area contributed by atoms with E-state index in [4.69, 9.17) is 9.84 Å². The van der Waals surface area contributed by atoms with Crippen molar-refractivity contribution in [1.82, 2.24) is 5.32 Å². The van der Waals surface area contributed by atoms with Crippen LogP contribution in [0.4, 0.5) is 0 Å². The Hall–Kier alpha value is -0.610. The van der Waals surface area contributed by atoms with Crippen LogP contribution in [0.3, 0.4) is 0 Å². The molecule has 0 aliphatic carbocycles. The highest BCUT2D eigenvalue weighted by molar-refractivity contribution is 5.71. The van der Waals surface area contributed by atoms with Crippen molar-refractivity contribution in [2.24, 2.45) is 0 Å². The molecule has 0 atom stereocenters. The number of carbonyl (C=O) groups excluding carboxylic acids is 1.